The SMILES string of the molecule is O=C(Nc1ccccc1Cl)[C@H]1Sc2nnc(-c3ccccc3)n2N[C@@H]1c1ccccc1. The van der Waals surface area contributed by atoms with Crippen LogP contribution in [0.2, 0.25) is 5.02 Å². The fourth-order valence-corrected chi connectivity index (χ4v) is 4.77. The van der Waals surface area contributed by atoms with Gasteiger partial charge in [-0.3, -0.25) is 4.79 Å². The Balaban J connectivity index is 1.51. The first kappa shape index (κ1) is 19.7. The molecule has 31 heavy (non-hydrogen) atoms. The number of nitrogens with one attached hydrogen (secondary N) is 2. The van der Waals surface area contributed by atoms with Gasteiger partial charge in [-0.15, -0.1) is 10.2 Å². The van der Waals surface area contributed by atoms with Crippen LogP contribution < -0.4 is 10.7 Å². The number of rotatable bonds is 4. The first-order chi connectivity index (χ1) is 15.2. The average molecular weight is 448 g/mol. The molecule has 0 fully saturated rings. The highest BCUT2D eigenvalue weighted by molar-refractivity contribution is 8.00. The summed E-state index contributed by atoms with van der Waals surface area (Å²) in [6.45, 7) is 0. The minimum atomic E-state index is -0.473. The van der Waals surface area contributed by atoms with Crippen molar-refractivity contribution in [1.82, 2.24) is 14.9 Å². The zero-order valence-corrected chi connectivity index (χ0v) is 17.8. The van der Waals surface area contributed by atoms with E-state index in [4.69, 9.17) is 11.6 Å². The van der Waals surface area contributed by atoms with Gasteiger partial charge in [0.1, 0.15) is 5.25 Å². The number of thioether (sulfide) groups is 1. The third kappa shape index (κ3) is 3.89. The molecule has 1 aliphatic heterocycles. The first-order valence-electron chi connectivity index (χ1n) is 9.75. The quantitative estimate of drug-likeness (QED) is 0.460. The molecule has 0 radical (unpaired) electrons. The van der Waals surface area contributed by atoms with Gasteiger partial charge in [0, 0.05) is 5.56 Å². The maximum absolute atomic E-state index is 13.3. The lowest BCUT2D eigenvalue weighted by Gasteiger charge is -2.33. The van der Waals surface area contributed by atoms with Gasteiger partial charge < -0.3 is 10.7 Å². The summed E-state index contributed by atoms with van der Waals surface area (Å²) >= 11 is 7.63. The van der Waals surface area contributed by atoms with Crippen LogP contribution >= 0.6 is 23.4 Å². The number of amides is 1. The molecule has 154 valence electrons. The summed E-state index contributed by atoms with van der Waals surface area (Å²) in [6.07, 6.45) is 0. The van der Waals surface area contributed by atoms with Gasteiger partial charge in [-0.1, -0.05) is 96.2 Å². The summed E-state index contributed by atoms with van der Waals surface area (Å²) in [7, 11) is 0. The van der Waals surface area contributed by atoms with Crippen LogP contribution in [-0.4, -0.2) is 26.0 Å². The molecule has 5 rings (SSSR count). The number of nitrogens with zero attached hydrogens (tertiary/aromatic N) is 3. The molecule has 1 aromatic heterocycles. The molecule has 0 spiro atoms. The number of carbonyl (C=O) groups is 1. The van der Waals surface area contributed by atoms with Gasteiger partial charge in [0.05, 0.1) is 16.8 Å². The lowest BCUT2D eigenvalue weighted by molar-refractivity contribution is -0.116. The molecule has 0 unspecified atom stereocenters. The molecular formula is C23H18ClN5OS. The minimum Gasteiger partial charge on any atom is -0.324 e. The van der Waals surface area contributed by atoms with E-state index >= 15 is 0 Å². The summed E-state index contributed by atoms with van der Waals surface area (Å²) < 4.78 is 1.86. The molecule has 0 saturated carbocycles. The molecule has 0 bridgehead atoms. The van der Waals surface area contributed by atoms with Gasteiger partial charge in [0.2, 0.25) is 11.1 Å². The van der Waals surface area contributed by atoms with E-state index in [2.05, 4.69) is 20.9 Å². The zero-order valence-electron chi connectivity index (χ0n) is 16.3. The normalized spacial score (nSPS) is 17.5. The Morgan fingerprint density at radius 3 is 2.35 bits per heavy atom. The van der Waals surface area contributed by atoms with Crippen LogP contribution in [0.4, 0.5) is 5.69 Å². The molecule has 4 aromatic rings. The monoisotopic (exact) mass is 447 g/mol. The highest BCUT2D eigenvalue weighted by Gasteiger charge is 2.38. The topological polar surface area (TPSA) is 71.8 Å². The minimum absolute atomic E-state index is 0.157. The highest BCUT2D eigenvalue weighted by Crippen LogP contribution is 2.39. The molecule has 1 amide bonds. The highest BCUT2D eigenvalue weighted by atomic mass is 35.5. The van der Waals surface area contributed by atoms with E-state index in [1.54, 1.807) is 12.1 Å². The molecule has 8 heteroatoms. The fourth-order valence-electron chi connectivity index (χ4n) is 3.51. The zero-order chi connectivity index (χ0) is 21.2. The lowest BCUT2D eigenvalue weighted by atomic mass is 10.0. The molecule has 2 atom stereocenters. The average Bonchev–Trinajstić information content (AvgIpc) is 3.24. The number of benzene rings is 3. The second kappa shape index (κ2) is 8.45. The smallest absolute Gasteiger partial charge is 0.240 e. The van der Waals surface area contributed by atoms with E-state index in [0.29, 0.717) is 21.7 Å². The summed E-state index contributed by atoms with van der Waals surface area (Å²) in [5, 5.41) is 12.3. The van der Waals surface area contributed by atoms with Gasteiger partial charge >= 0.3 is 0 Å². The van der Waals surface area contributed by atoms with Gasteiger partial charge in [0.15, 0.2) is 5.82 Å². The van der Waals surface area contributed by atoms with Crippen molar-refractivity contribution in [3.63, 3.8) is 0 Å². The van der Waals surface area contributed by atoms with E-state index in [1.165, 1.54) is 11.8 Å². The van der Waals surface area contributed by atoms with Crippen LogP contribution in [0.5, 0.6) is 0 Å². The number of hydrogen-bond donors (Lipinski definition) is 2. The van der Waals surface area contributed by atoms with Gasteiger partial charge in [-0.2, -0.15) is 0 Å². The Morgan fingerprint density at radius 2 is 1.61 bits per heavy atom. The largest absolute Gasteiger partial charge is 0.324 e. The summed E-state index contributed by atoms with van der Waals surface area (Å²) in [5.74, 6) is 0.545. The predicted octanol–water partition coefficient (Wildman–Crippen LogP) is 5.00. The molecule has 1 aliphatic rings. The molecule has 6 nitrogen and oxygen atoms in total. The Morgan fingerprint density at radius 1 is 0.935 bits per heavy atom. The van der Waals surface area contributed by atoms with Crippen molar-refractivity contribution in [3.05, 3.63) is 95.5 Å². The van der Waals surface area contributed by atoms with E-state index in [9.17, 15) is 4.79 Å². The maximum Gasteiger partial charge on any atom is 0.240 e. The molecule has 0 aliphatic carbocycles. The van der Waals surface area contributed by atoms with Crippen molar-refractivity contribution in [2.75, 3.05) is 10.7 Å². The standard InChI is InChI=1S/C23H18ClN5OS/c24-17-13-7-8-14-18(17)25-22(30)20-19(15-9-3-1-4-10-15)28-29-21(26-27-23(29)31-20)16-11-5-2-6-12-16/h1-14,19-20,28H,(H,25,30)/t19-,20+/m1/s1. The lowest BCUT2D eigenvalue weighted by Crippen LogP contribution is -2.41. The second-order valence-corrected chi connectivity index (χ2v) is 8.55. The van der Waals surface area contributed by atoms with Crippen LogP contribution in [0.25, 0.3) is 11.4 Å². The van der Waals surface area contributed by atoms with Crippen molar-refractivity contribution >= 4 is 35.0 Å². The summed E-state index contributed by atoms with van der Waals surface area (Å²) in [4.78, 5) is 13.3. The summed E-state index contributed by atoms with van der Waals surface area (Å²) in [5.41, 5.74) is 5.99. The van der Waals surface area contributed by atoms with Crippen molar-refractivity contribution in [2.45, 2.75) is 16.4 Å². The van der Waals surface area contributed by atoms with Crippen molar-refractivity contribution in [1.29, 1.82) is 0 Å². The Hall–Kier alpha value is -3.29. The van der Waals surface area contributed by atoms with Gasteiger partial charge in [-0.05, 0) is 17.7 Å². The van der Waals surface area contributed by atoms with Gasteiger partial charge in [0.25, 0.3) is 0 Å². The Labute approximate surface area is 188 Å². The van der Waals surface area contributed by atoms with Crippen molar-refractivity contribution in [2.24, 2.45) is 0 Å². The molecule has 0 saturated heterocycles. The van der Waals surface area contributed by atoms with Crippen molar-refractivity contribution in [3.8, 4) is 11.4 Å². The number of hydrogen-bond acceptors (Lipinski definition) is 5. The Bertz CT molecular complexity index is 1220. The second-order valence-electron chi connectivity index (χ2n) is 7.03. The van der Waals surface area contributed by atoms with E-state index in [1.807, 2.05) is 77.5 Å². The third-order valence-electron chi connectivity index (χ3n) is 5.02. The van der Waals surface area contributed by atoms with Crippen LogP contribution in [0.15, 0.2) is 90.1 Å². The number of carbonyl (C=O) groups excluding carboxylic acids is 1. The number of anilines is 1. The summed E-state index contributed by atoms with van der Waals surface area (Å²) in [6, 6.07) is 26.7. The molecule has 3 aromatic carbocycles. The maximum atomic E-state index is 13.3. The number of aromatic nitrogens is 3. The van der Waals surface area contributed by atoms with Crippen LogP contribution in [0.1, 0.15) is 11.6 Å². The third-order valence-corrected chi connectivity index (χ3v) is 6.56. The first-order valence-corrected chi connectivity index (χ1v) is 11.0. The number of para-hydroxylation sites is 1. The molecule has 2 N–H and O–H groups in total. The Kier molecular flexibility index (Phi) is 5.36. The molecule has 2 heterocycles. The molecular weight excluding hydrogens is 430 g/mol. The van der Waals surface area contributed by atoms with E-state index in [0.717, 1.165) is 11.1 Å². The van der Waals surface area contributed by atoms with Crippen LogP contribution in [0, 0.1) is 0 Å². The fraction of sp³-hybridized carbons (Fsp3) is 0.0870. The van der Waals surface area contributed by atoms with Gasteiger partial charge in [-0.25, -0.2) is 4.68 Å². The van der Waals surface area contributed by atoms with Crippen LogP contribution in [-0.2, 0) is 4.79 Å². The van der Waals surface area contributed by atoms with Crippen molar-refractivity contribution < 1.29 is 4.79 Å². The number of halogens is 1. The van der Waals surface area contributed by atoms with E-state index in [-0.39, 0.29) is 11.9 Å². The number of fused-ring (bicyclic) bond motifs is 1. The predicted molar refractivity (Wildman–Crippen MR) is 124 cm³/mol. The van der Waals surface area contributed by atoms with Crippen LogP contribution in [0.3, 0.4) is 0 Å². The van der Waals surface area contributed by atoms with E-state index < -0.39 is 5.25 Å².